The van der Waals surface area contributed by atoms with Crippen LogP contribution in [0.5, 0.6) is 0 Å². The smallest absolute Gasteiger partial charge is 0.111 e. The molecule has 0 atom stereocenters. The van der Waals surface area contributed by atoms with Gasteiger partial charge in [-0.3, -0.25) is 0 Å². The minimum Gasteiger partial charge on any atom is -0.345 e. The van der Waals surface area contributed by atoms with Crippen molar-refractivity contribution in [2.45, 2.75) is 13.3 Å². The minimum atomic E-state index is 0.728. The molecule has 3 aromatic carbocycles. The van der Waals surface area contributed by atoms with Gasteiger partial charge >= 0.3 is 0 Å². The third-order valence-electron chi connectivity index (χ3n) is 4.22. The van der Waals surface area contributed by atoms with Gasteiger partial charge in [-0.25, -0.2) is 4.98 Å². The third-order valence-corrected chi connectivity index (χ3v) is 4.45. The monoisotopic (exact) mass is 332 g/mol. The van der Waals surface area contributed by atoms with Crippen LogP contribution in [0.3, 0.4) is 0 Å². The SMILES string of the molecule is Cc1[nH]c(Cc2ccc3ccccc3c2)nc1-c1cccc(Cl)c1. The molecule has 0 aliphatic rings. The highest BCUT2D eigenvalue weighted by molar-refractivity contribution is 6.30. The van der Waals surface area contributed by atoms with E-state index in [9.17, 15) is 0 Å². The Morgan fingerprint density at radius 1 is 0.917 bits per heavy atom. The average molecular weight is 333 g/mol. The number of H-pyrrole nitrogens is 1. The predicted octanol–water partition coefficient (Wildman–Crippen LogP) is 5.78. The summed E-state index contributed by atoms with van der Waals surface area (Å²) in [6.07, 6.45) is 0.784. The summed E-state index contributed by atoms with van der Waals surface area (Å²) in [5.74, 6) is 0.970. The molecule has 0 aliphatic heterocycles. The summed E-state index contributed by atoms with van der Waals surface area (Å²) in [5, 5.41) is 3.25. The number of rotatable bonds is 3. The number of aryl methyl sites for hydroxylation is 1. The van der Waals surface area contributed by atoms with Gasteiger partial charge in [-0.1, -0.05) is 66.2 Å². The predicted molar refractivity (Wildman–Crippen MR) is 101 cm³/mol. The first-order valence-corrected chi connectivity index (χ1v) is 8.36. The van der Waals surface area contributed by atoms with Crippen molar-refractivity contribution < 1.29 is 0 Å². The lowest BCUT2D eigenvalue weighted by Gasteiger charge is -2.02. The number of halogens is 1. The van der Waals surface area contributed by atoms with Crippen molar-refractivity contribution in [2.75, 3.05) is 0 Å². The number of nitrogens with zero attached hydrogens (tertiary/aromatic N) is 1. The van der Waals surface area contributed by atoms with Gasteiger partial charge in [0.25, 0.3) is 0 Å². The number of hydrogen-bond acceptors (Lipinski definition) is 1. The standard InChI is InChI=1S/C21H17ClN2/c1-14-21(18-7-4-8-19(22)13-18)24-20(23-14)12-15-9-10-16-5-2-3-6-17(16)11-15/h2-11,13H,12H2,1H3,(H,23,24). The molecule has 0 fully saturated rings. The summed E-state index contributed by atoms with van der Waals surface area (Å²) in [4.78, 5) is 8.19. The quantitative estimate of drug-likeness (QED) is 0.506. The topological polar surface area (TPSA) is 28.7 Å². The minimum absolute atomic E-state index is 0.728. The lowest BCUT2D eigenvalue weighted by molar-refractivity contribution is 1.02. The van der Waals surface area contributed by atoms with Gasteiger partial charge < -0.3 is 4.98 Å². The van der Waals surface area contributed by atoms with Crippen LogP contribution in [0.15, 0.2) is 66.7 Å². The van der Waals surface area contributed by atoms with Crippen LogP contribution in [-0.2, 0) is 6.42 Å². The Bertz CT molecular complexity index is 1020. The van der Waals surface area contributed by atoms with Gasteiger partial charge in [-0.2, -0.15) is 0 Å². The molecule has 0 spiro atoms. The van der Waals surface area contributed by atoms with E-state index in [4.69, 9.17) is 16.6 Å². The molecule has 1 aromatic heterocycles. The van der Waals surface area contributed by atoms with Crippen molar-refractivity contribution in [1.82, 2.24) is 9.97 Å². The summed E-state index contributed by atoms with van der Waals surface area (Å²) < 4.78 is 0. The first-order valence-electron chi connectivity index (χ1n) is 7.98. The van der Waals surface area contributed by atoms with Gasteiger partial charge in [0, 0.05) is 22.7 Å². The van der Waals surface area contributed by atoms with Crippen LogP contribution in [0.4, 0.5) is 0 Å². The van der Waals surface area contributed by atoms with Gasteiger partial charge in [0.2, 0.25) is 0 Å². The van der Waals surface area contributed by atoms with Crippen LogP contribution in [0.2, 0.25) is 5.02 Å². The van der Waals surface area contributed by atoms with E-state index in [1.54, 1.807) is 0 Å². The van der Waals surface area contributed by atoms with E-state index in [1.165, 1.54) is 16.3 Å². The second-order valence-electron chi connectivity index (χ2n) is 6.03. The fourth-order valence-corrected chi connectivity index (χ4v) is 3.26. The summed E-state index contributed by atoms with van der Waals surface area (Å²) in [6, 6.07) is 22.8. The lowest BCUT2D eigenvalue weighted by atomic mass is 10.1. The Kier molecular flexibility index (Phi) is 3.83. The third kappa shape index (κ3) is 2.93. The van der Waals surface area contributed by atoms with E-state index in [0.29, 0.717) is 0 Å². The van der Waals surface area contributed by atoms with Crippen molar-refractivity contribution in [3.05, 3.63) is 88.8 Å². The number of imidazole rings is 1. The molecule has 4 rings (SSSR count). The number of fused-ring (bicyclic) bond motifs is 1. The fourth-order valence-electron chi connectivity index (χ4n) is 3.07. The van der Waals surface area contributed by atoms with Crippen LogP contribution >= 0.6 is 11.6 Å². The van der Waals surface area contributed by atoms with Gasteiger partial charge in [-0.05, 0) is 35.4 Å². The first kappa shape index (κ1) is 15.0. The number of benzene rings is 3. The second-order valence-corrected chi connectivity index (χ2v) is 6.46. The normalized spacial score (nSPS) is 11.1. The highest BCUT2D eigenvalue weighted by Gasteiger charge is 2.10. The van der Waals surface area contributed by atoms with Crippen LogP contribution < -0.4 is 0 Å². The molecule has 0 radical (unpaired) electrons. The van der Waals surface area contributed by atoms with E-state index in [-0.39, 0.29) is 0 Å². The fraction of sp³-hybridized carbons (Fsp3) is 0.0952. The van der Waals surface area contributed by atoms with Gasteiger partial charge in [0.05, 0.1) is 5.69 Å². The number of nitrogens with one attached hydrogen (secondary N) is 1. The van der Waals surface area contributed by atoms with Crippen LogP contribution in [0.25, 0.3) is 22.0 Å². The van der Waals surface area contributed by atoms with E-state index in [2.05, 4.69) is 47.4 Å². The molecule has 0 bridgehead atoms. The Hall–Kier alpha value is -2.58. The molecule has 1 N–H and O–H groups in total. The van der Waals surface area contributed by atoms with Crippen LogP contribution in [0, 0.1) is 6.92 Å². The van der Waals surface area contributed by atoms with Crippen molar-refractivity contribution in [1.29, 1.82) is 0 Å². The lowest BCUT2D eigenvalue weighted by Crippen LogP contribution is -1.91. The van der Waals surface area contributed by atoms with E-state index >= 15 is 0 Å². The Labute approximate surface area is 146 Å². The maximum atomic E-state index is 6.10. The van der Waals surface area contributed by atoms with E-state index in [1.807, 2.05) is 31.2 Å². The van der Waals surface area contributed by atoms with Gasteiger partial charge in [0.15, 0.2) is 0 Å². The highest BCUT2D eigenvalue weighted by Crippen LogP contribution is 2.25. The Balaban J connectivity index is 1.66. The highest BCUT2D eigenvalue weighted by atomic mass is 35.5. The summed E-state index contributed by atoms with van der Waals surface area (Å²) in [6.45, 7) is 2.05. The molecule has 0 aliphatic carbocycles. The molecule has 3 heteroatoms. The molecule has 0 amide bonds. The van der Waals surface area contributed by atoms with E-state index < -0.39 is 0 Å². The summed E-state index contributed by atoms with van der Waals surface area (Å²) in [5.41, 5.74) is 4.32. The molecular weight excluding hydrogens is 316 g/mol. The van der Waals surface area contributed by atoms with Crippen LogP contribution in [-0.4, -0.2) is 9.97 Å². The maximum Gasteiger partial charge on any atom is 0.111 e. The van der Waals surface area contributed by atoms with Crippen molar-refractivity contribution >= 4 is 22.4 Å². The summed E-state index contributed by atoms with van der Waals surface area (Å²) in [7, 11) is 0. The molecule has 24 heavy (non-hydrogen) atoms. The maximum absolute atomic E-state index is 6.10. The largest absolute Gasteiger partial charge is 0.345 e. The molecule has 4 aromatic rings. The zero-order chi connectivity index (χ0) is 16.5. The molecular formula is C21H17ClN2. The van der Waals surface area contributed by atoms with Gasteiger partial charge in [0.1, 0.15) is 5.82 Å². The Morgan fingerprint density at radius 3 is 2.58 bits per heavy atom. The number of hydrogen-bond donors (Lipinski definition) is 1. The average Bonchev–Trinajstić information content (AvgIpc) is 2.95. The molecule has 2 nitrogen and oxygen atoms in total. The first-order chi connectivity index (χ1) is 11.7. The van der Waals surface area contributed by atoms with Crippen molar-refractivity contribution in [3.8, 4) is 11.3 Å². The zero-order valence-corrected chi connectivity index (χ0v) is 14.1. The van der Waals surface area contributed by atoms with Crippen LogP contribution in [0.1, 0.15) is 17.1 Å². The number of aromatic amines is 1. The molecule has 1 heterocycles. The van der Waals surface area contributed by atoms with Gasteiger partial charge in [-0.15, -0.1) is 0 Å². The molecule has 0 saturated heterocycles. The molecule has 118 valence electrons. The molecule has 0 unspecified atom stereocenters. The zero-order valence-electron chi connectivity index (χ0n) is 13.4. The van der Waals surface area contributed by atoms with E-state index in [0.717, 1.165) is 34.2 Å². The molecule has 0 saturated carbocycles. The summed E-state index contributed by atoms with van der Waals surface area (Å²) >= 11 is 6.10. The second kappa shape index (κ2) is 6.14. The number of aromatic nitrogens is 2. The van der Waals surface area contributed by atoms with Crippen molar-refractivity contribution in [2.24, 2.45) is 0 Å². The Morgan fingerprint density at radius 2 is 1.75 bits per heavy atom. The van der Waals surface area contributed by atoms with Crippen molar-refractivity contribution in [3.63, 3.8) is 0 Å².